The third kappa shape index (κ3) is 3.58. The Labute approximate surface area is 140 Å². The summed E-state index contributed by atoms with van der Waals surface area (Å²) in [5.74, 6) is 6.36. The van der Waals surface area contributed by atoms with E-state index in [0.717, 1.165) is 21.5 Å². The van der Waals surface area contributed by atoms with Crippen molar-refractivity contribution in [2.45, 2.75) is 6.92 Å². The minimum absolute atomic E-state index is 0.0713. The molecule has 0 N–H and O–H groups in total. The normalized spacial score (nSPS) is 9.90. The number of pyridine rings is 1. The highest BCUT2D eigenvalue weighted by molar-refractivity contribution is 9.10. The van der Waals surface area contributed by atoms with Crippen LogP contribution in [0.15, 0.2) is 44.1 Å². The molecule has 1 heterocycles. The number of ether oxygens (including phenoxy) is 1. The van der Waals surface area contributed by atoms with Gasteiger partial charge in [-0.25, -0.2) is 0 Å². The Morgan fingerprint density at radius 1 is 1.19 bits per heavy atom. The number of hydrogen-bond donors (Lipinski definition) is 0. The van der Waals surface area contributed by atoms with Crippen LogP contribution in [0.2, 0.25) is 0 Å². The van der Waals surface area contributed by atoms with E-state index >= 15 is 0 Å². The number of halogens is 2. The van der Waals surface area contributed by atoms with Crippen LogP contribution in [-0.2, 0) is 7.05 Å². The molecule has 1 aromatic heterocycles. The minimum Gasteiger partial charge on any atom is -0.481 e. The predicted molar refractivity (Wildman–Crippen MR) is 91.5 cm³/mol. The molecule has 0 aliphatic rings. The smallest absolute Gasteiger partial charge is 0.265 e. The second kappa shape index (κ2) is 6.97. The van der Waals surface area contributed by atoms with Crippen molar-refractivity contribution in [3.63, 3.8) is 0 Å². The molecule has 2 rings (SSSR count). The zero-order chi connectivity index (χ0) is 15.4. The fraction of sp³-hybridized carbons (Fsp3) is 0.188. The summed E-state index contributed by atoms with van der Waals surface area (Å²) in [6, 6.07) is 9.31. The molecule has 0 bridgehead atoms. The van der Waals surface area contributed by atoms with E-state index in [1.165, 1.54) is 0 Å². The van der Waals surface area contributed by atoms with Gasteiger partial charge in [0.2, 0.25) is 0 Å². The van der Waals surface area contributed by atoms with Gasteiger partial charge in [-0.15, -0.1) is 5.92 Å². The molecule has 0 saturated heterocycles. The first-order valence-corrected chi connectivity index (χ1v) is 7.81. The van der Waals surface area contributed by atoms with E-state index in [-0.39, 0.29) is 5.56 Å². The maximum absolute atomic E-state index is 12.0. The zero-order valence-corrected chi connectivity index (χ0v) is 14.8. The molecule has 21 heavy (non-hydrogen) atoms. The van der Waals surface area contributed by atoms with E-state index in [9.17, 15) is 4.79 Å². The van der Waals surface area contributed by atoms with Crippen molar-refractivity contribution < 1.29 is 4.74 Å². The van der Waals surface area contributed by atoms with Gasteiger partial charge in [0.05, 0.1) is 10.2 Å². The summed E-state index contributed by atoms with van der Waals surface area (Å²) in [5.41, 5.74) is 1.68. The predicted octanol–water partition coefficient (Wildman–Crippen LogP) is 3.98. The van der Waals surface area contributed by atoms with Crippen LogP contribution in [0.25, 0.3) is 11.3 Å². The number of benzene rings is 1. The largest absolute Gasteiger partial charge is 0.481 e. The van der Waals surface area contributed by atoms with Crippen LogP contribution < -0.4 is 10.3 Å². The Kier molecular flexibility index (Phi) is 5.27. The summed E-state index contributed by atoms with van der Waals surface area (Å²) in [7, 11) is 1.75. The molecular weight excluding hydrogens is 398 g/mol. The Hall–Kier alpha value is -1.51. The van der Waals surface area contributed by atoms with E-state index < -0.39 is 0 Å². The summed E-state index contributed by atoms with van der Waals surface area (Å²) in [4.78, 5) is 12.0. The standard InChI is InChI=1S/C16H13Br2NO2/c1-3-4-9-21-11-5-6-12(14(18)10-11)15-8-7-13(17)16(20)19(15)2/h5-8,10H,9H2,1-2H3. The molecule has 0 atom stereocenters. The second-order valence-corrected chi connectivity index (χ2v) is 6.00. The lowest BCUT2D eigenvalue weighted by atomic mass is 10.1. The van der Waals surface area contributed by atoms with Gasteiger partial charge in [-0.2, -0.15) is 0 Å². The van der Waals surface area contributed by atoms with Crippen LogP contribution in [0.3, 0.4) is 0 Å². The average molecular weight is 411 g/mol. The molecule has 108 valence electrons. The van der Waals surface area contributed by atoms with Gasteiger partial charge in [0.15, 0.2) is 0 Å². The summed E-state index contributed by atoms with van der Waals surface area (Å²) in [6.45, 7) is 2.13. The van der Waals surface area contributed by atoms with Crippen LogP contribution in [0.5, 0.6) is 5.75 Å². The highest BCUT2D eigenvalue weighted by atomic mass is 79.9. The number of aromatic nitrogens is 1. The Morgan fingerprint density at radius 2 is 1.95 bits per heavy atom. The SMILES string of the molecule is CC#CCOc1ccc(-c2ccc(Br)c(=O)n2C)c(Br)c1. The molecule has 0 saturated carbocycles. The summed E-state index contributed by atoms with van der Waals surface area (Å²) >= 11 is 6.77. The Balaban J connectivity index is 2.39. The zero-order valence-electron chi connectivity index (χ0n) is 11.6. The van der Waals surface area contributed by atoms with Crippen LogP contribution >= 0.6 is 31.9 Å². The molecular formula is C16H13Br2NO2. The fourth-order valence-electron chi connectivity index (χ4n) is 1.86. The molecule has 1 aromatic carbocycles. The van der Waals surface area contributed by atoms with Crippen LogP contribution in [0, 0.1) is 11.8 Å². The first-order chi connectivity index (χ1) is 10.0. The Bertz CT molecular complexity index is 785. The molecule has 0 radical (unpaired) electrons. The van der Waals surface area contributed by atoms with Crippen molar-refractivity contribution >= 4 is 31.9 Å². The lowest BCUT2D eigenvalue weighted by Gasteiger charge is -2.12. The number of rotatable bonds is 3. The van der Waals surface area contributed by atoms with Crippen molar-refractivity contribution in [1.29, 1.82) is 0 Å². The van der Waals surface area contributed by atoms with E-state index in [1.807, 2.05) is 24.3 Å². The molecule has 3 nitrogen and oxygen atoms in total. The number of nitrogens with zero attached hydrogens (tertiary/aromatic N) is 1. The van der Waals surface area contributed by atoms with E-state index in [4.69, 9.17) is 4.74 Å². The summed E-state index contributed by atoms with van der Waals surface area (Å²) in [5, 5.41) is 0. The van der Waals surface area contributed by atoms with E-state index in [0.29, 0.717) is 11.1 Å². The van der Waals surface area contributed by atoms with Gasteiger partial charge in [0.1, 0.15) is 12.4 Å². The first kappa shape index (κ1) is 15.9. The van der Waals surface area contributed by atoms with Gasteiger partial charge in [-0.3, -0.25) is 4.79 Å². The van der Waals surface area contributed by atoms with Gasteiger partial charge >= 0.3 is 0 Å². The lowest BCUT2D eigenvalue weighted by Crippen LogP contribution is -2.18. The highest BCUT2D eigenvalue weighted by Crippen LogP contribution is 2.31. The number of hydrogen-bond acceptors (Lipinski definition) is 2. The quantitative estimate of drug-likeness (QED) is 0.716. The third-order valence-electron chi connectivity index (χ3n) is 2.96. The van der Waals surface area contributed by atoms with Crippen LogP contribution in [0.4, 0.5) is 0 Å². The first-order valence-electron chi connectivity index (χ1n) is 6.22. The van der Waals surface area contributed by atoms with Gasteiger partial charge in [0.25, 0.3) is 5.56 Å². The Morgan fingerprint density at radius 3 is 2.62 bits per heavy atom. The van der Waals surface area contributed by atoms with Gasteiger partial charge in [0, 0.05) is 17.1 Å². The summed E-state index contributed by atoms with van der Waals surface area (Å²) in [6.07, 6.45) is 0. The maximum atomic E-state index is 12.0. The van der Waals surface area contributed by atoms with Crippen molar-refractivity contribution in [3.05, 3.63) is 49.6 Å². The van der Waals surface area contributed by atoms with Crippen molar-refractivity contribution in [1.82, 2.24) is 4.57 Å². The van der Waals surface area contributed by atoms with Crippen LogP contribution in [-0.4, -0.2) is 11.2 Å². The fourth-order valence-corrected chi connectivity index (χ4v) is 2.82. The molecule has 0 amide bonds. The third-order valence-corrected chi connectivity index (χ3v) is 4.22. The van der Waals surface area contributed by atoms with Crippen molar-refractivity contribution in [3.8, 4) is 28.8 Å². The van der Waals surface area contributed by atoms with Gasteiger partial charge < -0.3 is 9.30 Å². The molecule has 0 unspecified atom stereocenters. The monoisotopic (exact) mass is 409 g/mol. The average Bonchev–Trinajstić information content (AvgIpc) is 2.46. The molecule has 0 spiro atoms. The molecule has 5 heteroatoms. The van der Waals surface area contributed by atoms with Crippen molar-refractivity contribution in [2.24, 2.45) is 7.05 Å². The highest BCUT2D eigenvalue weighted by Gasteiger charge is 2.10. The van der Waals surface area contributed by atoms with Crippen LogP contribution in [0.1, 0.15) is 6.92 Å². The lowest BCUT2D eigenvalue weighted by molar-refractivity contribution is 0.370. The minimum atomic E-state index is -0.0713. The van der Waals surface area contributed by atoms with Crippen molar-refractivity contribution in [2.75, 3.05) is 6.61 Å². The van der Waals surface area contributed by atoms with E-state index in [1.54, 1.807) is 24.6 Å². The van der Waals surface area contributed by atoms with E-state index in [2.05, 4.69) is 43.7 Å². The molecule has 2 aromatic rings. The van der Waals surface area contributed by atoms with Gasteiger partial charge in [-0.1, -0.05) is 5.92 Å². The molecule has 0 aliphatic carbocycles. The second-order valence-electron chi connectivity index (χ2n) is 4.29. The van der Waals surface area contributed by atoms with Gasteiger partial charge in [-0.05, 0) is 69.1 Å². The topological polar surface area (TPSA) is 31.2 Å². The molecule has 0 fully saturated rings. The summed E-state index contributed by atoms with van der Waals surface area (Å²) < 4.78 is 8.52. The maximum Gasteiger partial charge on any atom is 0.265 e. The molecule has 0 aliphatic heterocycles.